The Morgan fingerprint density at radius 2 is 1.72 bits per heavy atom. The van der Waals surface area contributed by atoms with Gasteiger partial charge in [0.15, 0.2) is 0 Å². The highest BCUT2D eigenvalue weighted by Crippen LogP contribution is 2.30. The van der Waals surface area contributed by atoms with Crippen molar-refractivity contribution < 1.29 is 35.9 Å². The van der Waals surface area contributed by atoms with E-state index in [1.165, 1.54) is 0 Å². The third-order valence-electron chi connectivity index (χ3n) is 3.67. The lowest BCUT2D eigenvalue weighted by atomic mass is 10.1. The van der Waals surface area contributed by atoms with Crippen LogP contribution in [-0.2, 0) is 14.8 Å². The molecule has 0 spiro atoms. The quantitative estimate of drug-likeness (QED) is 0.770. The van der Waals surface area contributed by atoms with Gasteiger partial charge in [-0.15, -0.1) is 13.2 Å². The van der Waals surface area contributed by atoms with Crippen molar-refractivity contribution in [1.29, 1.82) is 0 Å². The molecule has 1 aromatic rings. The molecule has 0 aromatic heterocycles. The van der Waals surface area contributed by atoms with Crippen molar-refractivity contribution in [2.45, 2.75) is 17.3 Å². The number of sulfonamides is 1. The summed E-state index contributed by atoms with van der Waals surface area (Å²) in [5.41, 5.74) is 0. The van der Waals surface area contributed by atoms with Crippen LogP contribution in [0.1, 0.15) is 0 Å². The number of hydrogen-bond acceptors (Lipinski definition) is 6. The minimum absolute atomic E-state index is 0.0405. The van der Waals surface area contributed by atoms with Gasteiger partial charge in [-0.05, 0) is 24.3 Å². The van der Waals surface area contributed by atoms with E-state index in [1.807, 2.05) is 0 Å². The molecule has 0 radical (unpaired) electrons. The monoisotopic (exact) mass is 396 g/mol. The minimum Gasteiger partial charge on any atom is -0.406 e. The first-order valence-corrected chi connectivity index (χ1v) is 9.35. The molecule has 2 aliphatic heterocycles. The second-order valence-corrected chi connectivity index (χ2v) is 8.18. The maximum absolute atomic E-state index is 12.4. The van der Waals surface area contributed by atoms with Crippen LogP contribution in [0, 0.1) is 0 Å². The van der Waals surface area contributed by atoms with Crippen molar-refractivity contribution in [2.75, 3.05) is 18.8 Å². The molecule has 2 aliphatic rings. The Kier molecular flexibility index (Phi) is 4.45. The van der Waals surface area contributed by atoms with Crippen molar-refractivity contribution in [3.8, 4) is 5.75 Å². The summed E-state index contributed by atoms with van der Waals surface area (Å²) in [6.07, 6.45) is -4.86. The van der Waals surface area contributed by atoms with E-state index in [9.17, 15) is 31.2 Å². The van der Waals surface area contributed by atoms with E-state index in [0.717, 1.165) is 45.2 Å². The van der Waals surface area contributed by atoms with Crippen LogP contribution < -0.4 is 4.74 Å². The topological polar surface area (TPSA) is 84.0 Å². The van der Waals surface area contributed by atoms with Gasteiger partial charge in [0.25, 0.3) is 5.24 Å². The number of alkyl halides is 3. The highest BCUT2D eigenvalue weighted by atomic mass is 32.2. The van der Waals surface area contributed by atoms with Crippen LogP contribution in [0.5, 0.6) is 5.75 Å². The lowest BCUT2D eigenvalue weighted by Gasteiger charge is -2.41. The third-order valence-corrected chi connectivity index (χ3v) is 6.35. The van der Waals surface area contributed by atoms with Gasteiger partial charge in [-0.25, -0.2) is 8.42 Å². The average molecular weight is 396 g/mol. The van der Waals surface area contributed by atoms with Crippen LogP contribution in [0.2, 0.25) is 0 Å². The van der Waals surface area contributed by atoms with Crippen molar-refractivity contribution in [1.82, 2.24) is 9.21 Å². The molecule has 0 saturated carbocycles. The maximum atomic E-state index is 12.4. The molecule has 12 heteroatoms. The summed E-state index contributed by atoms with van der Waals surface area (Å²) in [5, 5.41) is -0.402. The molecule has 0 bridgehead atoms. The summed E-state index contributed by atoms with van der Waals surface area (Å²) >= 11 is 0.866. The Balaban J connectivity index is 1.67. The number of carbonyl (C=O) groups is 2. The zero-order valence-electron chi connectivity index (χ0n) is 12.4. The molecule has 2 saturated heterocycles. The number of benzene rings is 1. The Labute approximate surface area is 144 Å². The Hall–Kier alpha value is -1.79. The number of halogens is 3. The lowest BCUT2D eigenvalue weighted by molar-refractivity contribution is -0.274. The fraction of sp³-hybridized carbons (Fsp3) is 0.385. The molecule has 136 valence electrons. The van der Waals surface area contributed by atoms with Crippen LogP contribution in [0.3, 0.4) is 0 Å². The second-order valence-electron chi connectivity index (χ2n) is 5.31. The third kappa shape index (κ3) is 3.60. The SMILES string of the molecule is O=C1CSC(=O)N1C1CN(S(=O)(=O)c2ccc(OC(F)(F)F)cc2)C1. The van der Waals surface area contributed by atoms with Gasteiger partial charge in [0.1, 0.15) is 5.75 Å². The van der Waals surface area contributed by atoms with E-state index in [-0.39, 0.29) is 29.6 Å². The van der Waals surface area contributed by atoms with Gasteiger partial charge < -0.3 is 4.74 Å². The molecule has 7 nitrogen and oxygen atoms in total. The lowest BCUT2D eigenvalue weighted by Crippen LogP contribution is -2.61. The molecule has 3 rings (SSSR count). The maximum Gasteiger partial charge on any atom is 0.573 e. The number of carbonyl (C=O) groups excluding carboxylic acids is 2. The zero-order chi connectivity index (χ0) is 18.4. The number of hydrogen-bond donors (Lipinski definition) is 0. The zero-order valence-corrected chi connectivity index (χ0v) is 14.0. The summed E-state index contributed by atoms with van der Waals surface area (Å²) in [4.78, 5) is 24.1. The fourth-order valence-electron chi connectivity index (χ4n) is 2.46. The number of ether oxygens (including phenoxy) is 1. The molecule has 0 N–H and O–H groups in total. The van der Waals surface area contributed by atoms with E-state index < -0.39 is 33.4 Å². The van der Waals surface area contributed by atoms with Crippen molar-refractivity contribution >= 4 is 32.9 Å². The second kappa shape index (κ2) is 6.18. The van der Waals surface area contributed by atoms with Crippen LogP contribution in [0.25, 0.3) is 0 Å². The molecule has 2 amide bonds. The Morgan fingerprint density at radius 3 is 2.20 bits per heavy atom. The smallest absolute Gasteiger partial charge is 0.406 e. The van der Waals surface area contributed by atoms with Gasteiger partial charge in [0, 0.05) is 13.1 Å². The van der Waals surface area contributed by atoms with Gasteiger partial charge >= 0.3 is 6.36 Å². The van der Waals surface area contributed by atoms with Gasteiger partial charge in [-0.1, -0.05) is 11.8 Å². The average Bonchev–Trinajstić information content (AvgIpc) is 2.76. The molecular weight excluding hydrogens is 385 g/mol. The van der Waals surface area contributed by atoms with Crippen LogP contribution in [-0.4, -0.2) is 60.0 Å². The number of thioether (sulfide) groups is 1. The first-order chi connectivity index (χ1) is 11.6. The van der Waals surface area contributed by atoms with Gasteiger partial charge in [-0.3, -0.25) is 14.5 Å². The minimum atomic E-state index is -4.86. The summed E-state index contributed by atoms with van der Waals surface area (Å²) < 4.78 is 65.9. The van der Waals surface area contributed by atoms with Crippen molar-refractivity contribution in [3.05, 3.63) is 24.3 Å². The number of amides is 2. The largest absolute Gasteiger partial charge is 0.573 e. The summed E-state index contributed by atoms with van der Waals surface area (Å²) in [6, 6.07) is 3.30. The number of imide groups is 1. The summed E-state index contributed by atoms with van der Waals surface area (Å²) in [5.74, 6) is -0.841. The molecule has 0 atom stereocenters. The van der Waals surface area contributed by atoms with Crippen LogP contribution in [0.4, 0.5) is 18.0 Å². The van der Waals surface area contributed by atoms with Crippen LogP contribution in [0.15, 0.2) is 29.2 Å². The normalized spacial score (nSPS) is 20.0. The van der Waals surface area contributed by atoms with Gasteiger partial charge in [0.05, 0.1) is 16.7 Å². The van der Waals surface area contributed by atoms with Gasteiger partial charge in [-0.2, -0.15) is 4.31 Å². The van der Waals surface area contributed by atoms with Crippen molar-refractivity contribution in [2.24, 2.45) is 0 Å². The van der Waals surface area contributed by atoms with Crippen molar-refractivity contribution in [3.63, 3.8) is 0 Å². The standard InChI is InChI=1S/C13H11F3N2O5S2/c14-13(15,16)23-9-1-3-10(4-2-9)25(21,22)17-5-8(6-17)18-11(19)7-24-12(18)20/h1-4,8H,5-7H2. The Morgan fingerprint density at radius 1 is 1.12 bits per heavy atom. The predicted octanol–water partition coefficient (Wildman–Crippen LogP) is 1.65. The number of rotatable bonds is 4. The van der Waals surface area contributed by atoms with E-state index in [2.05, 4.69) is 4.74 Å². The van der Waals surface area contributed by atoms with E-state index in [0.29, 0.717) is 0 Å². The molecule has 25 heavy (non-hydrogen) atoms. The molecule has 0 unspecified atom stereocenters. The van der Waals surface area contributed by atoms with Gasteiger partial charge in [0.2, 0.25) is 15.9 Å². The summed E-state index contributed by atoms with van der Waals surface area (Å²) in [6.45, 7) is -0.0810. The Bertz CT molecular complexity index is 788. The first-order valence-electron chi connectivity index (χ1n) is 6.93. The van der Waals surface area contributed by atoms with Crippen LogP contribution >= 0.6 is 11.8 Å². The molecule has 1 aromatic carbocycles. The molecule has 2 heterocycles. The predicted molar refractivity (Wildman–Crippen MR) is 80.4 cm³/mol. The highest BCUT2D eigenvalue weighted by molar-refractivity contribution is 8.14. The summed E-state index contributed by atoms with van der Waals surface area (Å²) in [7, 11) is -3.92. The molecular formula is C13H11F3N2O5S2. The van der Waals surface area contributed by atoms with E-state index >= 15 is 0 Å². The fourth-order valence-corrected chi connectivity index (χ4v) is 4.75. The first kappa shape index (κ1) is 18.0. The number of nitrogens with zero attached hydrogens (tertiary/aromatic N) is 2. The molecule has 0 aliphatic carbocycles. The highest BCUT2D eigenvalue weighted by Gasteiger charge is 2.46. The van der Waals surface area contributed by atoms with E-state index in [1.54, 1.807) is 0 Å². The molecule has 2 fully saturated rings. The van der Waals surface area contributed by atoms with E-state index in [4.69, 9.17) is 0 Å².